The average molecular weight is 432 g/mol. The van der Waals surface area contributed by atoms with Gasteiger partial charge in [0.2, 0.25) is 5.91 Å². The van der Waals surface area contributed by atoms with Crippen molar-refractivity contribution in [3.63, 3.8) is 0 Å². The number of hydrogen-bond acceptors (Lipinski definition) is 3. The molecule has 1 aromatic carbocycles. The van der Waals surface area contributed by atoms with E-state index in [2.05, 4.69) is 30.2 Å². The molecule has 0 aliphatic heterocycles. The highest BCUT2D eigenvalue weighted by molar-refractivity contribution is 5.94. The van der Waals surface area contributed by atoms with E-state index in [1.807, 2.05) is 30.5 Å². The number of benzene rings is 1. The first-order valence-electron chi connectivity index (χ1n) is 11.0. The van der Waals surface area contributed by atoms with E-state index in [0.29, 0.717) is 13.1 Å². The first kappa shape index (κ1) is 21.7. The highest BCUT2D eigenvalue weighted by Crippen LogP contribution is 2.28. The molecule has 1 aliphatic carbocycles. The van der Waals surface area contributed by atoms with Crippen molar-refractivity contribution in [1.82, 2.24) is 14.4 Å². The van der Waals surface area contributed by atoms with Crippen LogP contribution < -0.4 is 0 Å². The average Bonchev–Trinajstić information content (AvgIpc) is 3.29. The lowest BCUT2D eigenvalue weighted by Gasteiger charge is -2.27. The third-order valence-electron chi connectivity index (χ3n) is 5.87. The molecule has 1 saturated carbocycles. The van der Waals surface area contributed by atoms with Crippen molar-refractivity contribution < 1.29 is 14.0 Å². The first-order chi connectivity index (χ1) is 15.6. The summed E-state index contributed by atoms with van der Waals surface area (Å²) in [6.07, 6.45) is 7.07. The number of carbonyl (C=O) groups is 2. The fraction of sp³-hybridized carbons (Fsp3) is 0.308. The van der Waals surface area contributed by atoms with E-state index in [9.17, 15) is 9.59 Å². The molecule has 2 amide bonds. The van der Waals surface area contributed by atoms with Crippen LogP contribution in [0, 0.1) is 6.92 Å². The molecule has 166 valence electrons. The summed E-state index contributed by atoms with van der Waals surface area (Å²) in [5.74, 6) is -0.0558. The lowest BCUT2D eigenvalue weighted by atomic mass is 10.1. The van der Waals surface area contributed by atoms with Crippen molar-refractivity contribution in [3.05, 3.63) is 96.2 Å². The summed E-state index contributed by atoms with van der Waals surface area (Å²) >= 11 is 0. The van der Waals surface area contributed by atoms with Gasteiger partial charge in [0.05, 0.1) is 12.8 Å². The minimum Gasteiger partial charge on any atom is -0.459 e. The van der Waals surface area contributed by atoms with Gasteiger partial charge in [-0.3, -0.25) is 9.59 Å². The molecule has 0 radical (unpaired) electrons. The minimum atomic E-state index is -0.229. The van der Waals surface area contributed by atoms with Crippen LogP contribution >= 0.6 is 0 Å². The van der Waals surface area contributed by atoms with Gasteiger partial charge in [0.15, 0.2) is 5.76 Å². The van der Waals surface area contributed by atoms with Crippen LogP contribution in [-0.4, -0.2) is 45.3 Å². The first-order valence-corrected chi connectivity index (χ1v) is 11.0. The molecule has 32 heavy (non-hydrogen) atoms. The Hall–Kier alpha value is -3.54. The molecule has 1 fully saturated rings. The van der Waals surface area contributed by atoms with Gasteiger partial charge in [-0.2, -0.15) is 0 Å². The number of carbonyl (C=O) groups excluding carboxylic acids is 2. The lowest BCUT2D eigenvalue weighted by molar-refractivity contribution is -0.132. The third-order valence-corrected chi connectivity index (χ3v) is 5.87. The summed E-state index contributed by atoms with van der Waals surface area (Å²) in [6.45, 7) is 7.58. The smallest absolute Gasteiger partial charge is 0.290 e. The maximum absolute atomic E-state index is 13.2. The van der Waals surface area contributed by atoms with E-state index in [1.165, 1.54) is 17.4 Å². The van der Waals surface area contributed by atoms with Gasteiger partial charge in [-0.15, -0.1) is 6.58 Å². The van der Waals surface area contributed by atoms with E-state index in [-0.39, 0.29) is 30.2 Å². The number of rotatable bonds is 10. The van der Waals surface area contributed by atoms with Gasteiger partial charge in [0.25, 0.3) is 5.91 Å². The van der Waals surface area contributed by atoms with Crippen LogP contribution in [0.15, 0.2) is 78.1 Å². The fourth-order valence-electron chi connectivity index (χ4n) is 3.86. The number of nitrogens with zero attached hydrogens (tertiary/aromatic N) is 3. The fourth-order valence-corrected chi connectivity index (χ4v) is 3.86. The minimum absolute atomic E-state index is 0.0382. The molecule has 6 heteroatoms. The monoisotopic (exact) mass is 431 g/mol. The third kappa shape index (κ3) is 5.02. The Kier molecular flexibility index (Phi) is 6.59. The number of aryl methyl sites for hydroxylation is 1. The second-order valence-corrected chi connectivity index (χ2v) is 8.26. The van der Waals surface area contributed by atoms with Crippen LogP contribution in [0.5, 0.6) is 0 Å². The highest BCUT2D eigenvalue weighted by Gasteiger charge is 2.36. The van der Waals surface area contributed by atoms with E-state index >= 15 is 0 Å². The Morgan fingerprint density at radius 2 is 1.97 bits per heavy atom. The molecule has 2 heterocycles. The normalized spacial score (nSPS) is 13.0. The molecule has 0 saturated heterocycles. The lowest BCUT2D eigenvalue weighted by Crippen LogP contribution is -2.44. The number of furan rings is 1. The van der Waals surface area contributed by atoms with Gasteiger partial charge in [-0.25, -0.2) is 0 Å². The van der Waals surface area contributed by atoms with Crippen molar-refractivity contribution in [2.24, 2.45) is 0 Å². The molecular formula is C26H29N3O3. The Bertz CT molecular complexity index is 1080. The molecule has 0 bridgehead atoms. The standard InChI is InChI=1S/C26H29N3O3/c1-3-14-28(18-23-10-6-15-27(23)17-21-9-5-4-8-20(21)2)25(30)19-29(22-12-13-22)26(31)24-11-7-16-32-24/h3-11,15-16,22H,1,12-14,17-19H2,2H3. The van der Waals surface area contributed by atoms with Gasteiger partial charge in [-0.1, -0.05) is 30.3 Å². The second-order valence-electron chi connectivity index (χ2n) is 8.26. The largest absolute Gasteiger partial charge is 0.459 e. The van der Waals surface area contributed by atoms with Gasteiger partial charge in [-0.05, 0) is 55.2 Å². The predicted molar refractivity (Wildman–Crippen MR) is 123 cm³/mol. The molecule has 0 atom stereocenters. The summed E-state index contributed by atoms with van der Waals surface area (Å²) in [7, 11) is 0. The Morgan fingerprint density at radius 1 is 1.16 bits per heavy atom. The molecule has 4 rings (SSSR count). The highest BCUT2D eigenvalue weighted by atomic mass is 16.3. The molecule has 3 aromatic rings. The Morgan fingerprint density at radius 3 is 2.66 bits per heavy atom. The summed E-state index contributed by atoms with van der Waals surface area (Å²) in [5.41, 5.74) is 3.52. The Labute approximate surface area is 188 Å². The summed E-state index contributed by atoms with van der Waals surface area (Å²) in [5, 5.41) is 0. The molecule has 0 spiro atoms. The SMILES string of the molecule is C=CCN(Cc1cccn1Cc1ccccc1C)C(=O)CN(C(=O)c1ccco1)C1CC1. The summed E-state index contributed by atoms with van der Waals surface area (Å²) in [6, 6.07) is 15.8. The van der Waals surface area contributed by atoms with Crippen LogP contribution in [0.1, 0.15) is 40.2 Å². The van der Waals surface area contributed by atoms with Gasteiger partial charge >= 0.3 is 0 Å². The van der Waals surface area contributed by atoms with Gasteiger partial charge < -0.3 is 18.8 Å². The van der Waals surface area contributed by atoms with Crippen molar-refractivity contribution in [2.75, 3.05) is 13.1 Å². The summed E-state index contributed by atoms with van der Waals surface area (Å²) in [4.78, 5) is 29.5. The maximum Gasteiger partial charge on any atom is 0.290 e. The Balaban J connectivity index is 1.47. The van der Waals surface area contributed by atoms with E-state index in [0.717, 1.165) is 25.1 Å². The molecule has 0 unspecified atom stereocenters. The topological polar surface area (TPSA) is 58.7 Å². The number of aromatic nitrogens is 1. The quantitative estimate of drug-likeness (QED) is 0.451. The van der Waals surface area contributed by atoms with Crippen LogP contribution in [0.2, 0.25) is 0 Å². The van der Waals surface area contributed by atoms with Crippen molar-refractivity contribution in [1.29, 1.82) is 0 Å². The second kappa shape index (κ2) is 9.73. The molecule has 6 nitrogen and oxygen atoms in total. The molecular weight excluding hydrogens is 402 g/mol. The number of amides is 2. The van der Waals surface area contributed by atoms with Crippen molar-refractivity contribution in [3.8, 4) is 0 Å². The van der Waals surface area contributed by atoms with Crippen LogP contribution in [-0.2, 0) is 17.9 Å². The summed E-state index contributed by atoms with van der Waals surface area (Å²) < 4.78 is 7.44. The van der Waals surface area contributed by atoms with Gasteiger partial charge in [0, 0.05) is 31.0 Å². The molecule has 0 N–H and O–H groups in total. The van der Waals surface area contributed by atoms with E-state index in [1.54, 1.807) is 28.0 Å². The van der Waals surface area contributed by atoms with E-state index < -0.39 is 0 Å². The van der Waals surface area contributed by atoms with Crippen molar-refractivity contribution in [2.45, 2.75) is 38.9 Å². The van der Waals surface area contributed by atoms with Crippen LogP contribution in [0.4, 0.5) is 0 Å². The van der Waals surface area contributed by atoms with Crippen molar-refractivity contribution >= 4 is 11.8 Å². The van der Waals surface area contributed by atoms with E-state index in [4.69, 9.17) is 4.42 Å². The van der Waals surface area contributed by atoms with Gasteiger partial charge in [0.1, 0.15) is 6.54 Å². The molecule has 1 aliphatic rings. The number of hydrogen-bond donors (Lipinski definition) is 0. The zero-order valence-corrected chi connectivity index (χ0v) is 18.4. The molecule has 2 aromatic heterocycles. The zero-order valence-electron chi connectivity index (χ0n) is 18.4. The maximum atomic E-state index is 13.2. The predicted octanol–water partition coefficient (Wildman–Crippen LogP) is 4.26. The zero-order chi connectivity index (χ0) is 22.5. The van der Waals surface area contributed by atoms with Crippen LogP contribution in [0.25, 0.3) is 0 Å². The van der Waals surface area contributed by atoms with Crippen LogP contribution in [0.3, 0.4) is 0 Å².